The van der Waals surface area contributed by atoms with Crippen molar-refractivity contribution in [3.8, 4) is 5.75 Å². The number of benzene rings is 1. The Kier molecular flexibility index (Phi) is 4.43. The molecule has 0 saturated heterocycles. The third-order valence-electron chi connectivity index (χ3n) is 3.14. The second-order valence-corrected chi connectivity index (χ2v) is 4.47. The maximum atomic E-state index is 12.3. The fourth-order valence-electron chi connectivity index (χ4n) is 2.08. The first-order valence-electron chi connectivity index (χ1n) is 6.37. The number of pyridine rings is 1. The minimum absolute atomic E-state index is 0. The van der Waals surface area contributed by atoms with Gasteiger partial charge in [0.25, 0.3) is 5.56 Å². The normalized spacial score (nSPS) is 10.2. The van der Waals surface area contributed by atoms with Gasteiger partial charge in [-0.15, -0.1) is 0 Å². The number of rotatable bonds is 3. The predicted octanol–water partition coefficient (Wildman–Crippen LogP) is 2.27. The van der Waals surface area contributed by atoms with Crippen LogP contribution < -0.4 is 10.9 Å². The number of hydrogen-bond acceptors (Lipinski definition) is 5. The van der Waals surface area contributed by atoms with Crippen LogP contribution in [-0.2, 0) is 6.61 Å². The third kappa shape index (κ3) is 2.64. The zero-order valence-corrected chi connectivity index (χ0v) is 11.0. The number of para-hydroxylation sites is 2. The number of nitrogens with one attached hydrogen (secondary N) is 1. The van der Waals surface area contributed by atoms with Crippen LogP contribution in [0.5, 0.6) is 5.75 Å². The number of aliphatic hydroxyl groups is 1. The van der Waals surface area contributed by atoms with Crippen LogP contribution in [0.25, 0.3) is 5.65 Å². The van der Waals surface area contributed by atoms with Crippen molar-refractivity contribution in [1.82, 2.24) is 9.38 Å². The van der Waals surface area contributed by atoms with E-state index in [0.717, 1.165) is 0 Å². The summed E-state index contributed by atoms with van der Waals surface area (Å²) < 4.78 is 1.36. The van der Waals surface area contributed by atoms with E-state index in [-0.39, 0.29) is 30.1 Å². The molecule has 0 aliphatic carbocycles. The number of aliphatic hydroxyl groups excluding tert-OH is 1. The van der Waals surface area contributed by atoms with Crippen LogP contribution >= 0.6 is 0 Å². The van der Waals surface area contributed by atoms with E-state index in [1.807, 2.05) is 0 Å². The molecule has 1 aromatic carbocycles. The zero-order chi connectivity index (χ0) is 14.8. The summed E-state index contributed by atoms with van der Waals surface area (Å²) in [6.07, 6.45) is 1.59. The molecule has 0 bridgehead atoms. The van der Waals surface area contributed by atoms with Crippen molar-refractivity contribution < 1.29 is 10.2 Å². The Bertz CT molecular complexity index is 859. The highest BCUT2D eigenvalue weighted by atomic mass is 16.3. The highest BCUT2D eigenvalue weighted by Crippen LogP contribution is 2.26. The van der Waals surface area contributed by atoms with Gasteiger partial charge >= 0.3 is 0 Å². The molecular weight excluding hydrogens is 282 g/mol. The van der Waals surface area contributed by atoms with Gasteiger partial charge in [0.1, 0.15) is 17.2 Å². The molecule has 0 radical (unpaired) electrons. The molecule has 0 fully saturated rings. The molecule has 3 N–H and O–H groups in total. The zero-order valence-electron chi connectivity index (χ0n) is 11.0. The molecule has 6 nitrogen and oxygen atoms in total. The van der Waals surface area contributed by atoms with Gasteiger partial charge in [0.2, 0.25) is 0 Å². The quantitative estimate of drug-likeness (QED) is 0.646. The highest BCUT2D eigenvalue weighted by molar-refractivity contribution is 5.66. The highest BCUT2D eigenvalue weighted by Gasteiger charge is 2.13. The van der Waals surface area contributed by atoms with Crippen molar-refractivity contribution in [2.24, 2.45) is 0 Å². The maximum absolute atomic E-state index is 12.3. The SMILES string of the molecule is C.O=c1c(CO)c(Nc2ccccc2O)nc2ccccn12. The van der Waals surface area contributed by atoms with E-state index in [0.29, 0.717) is 11.3 Å². The van der Waals surface area contributed by atoms with Crippen LogP contribution in [0.1, 0.15) is 13.0 Å². The van der Waals surface area contributed by atoms with Gasteiger partial charge < -0.3 is 15.5 Å². The molecule has 0 unspecified atom stereocenters. The molecule has 114 valence electrons. The molecule has 0 saturated carbocycles. The fourth-order valence-corrected chi connectivity index (χ4v) is 2.08. The summed E-state index contributed by atoms with van der Waals surface area (Å²) in [4.78, 5) is 16.6. The van der Waals surface area contributed by atoms with E-state index in [4.69, 9.17) is 0 Å². The van der Waals surface area contributed by atoms with Crippen LogP contribution in [0.3, 0.4) is 0 Å². The maximum Gasteiger partial charge on any atom is 0.265 e. The van der Waals surface area contributed by atoms with E-state index in [9.17, 15) is 15.0 Å². The van der Waals surface area contributed by atoms with Crippen LogP contribution in [0, 0.1) is 0 Å². The minimum Gasteiger partial charge on any atom is -0.506 e. The lowest BCUT2D eigenvalue weighted by molar-refractivity contribution is 0.280. The van der Waals surface area contributed by atoms with Crippen molar-refractivity contribution in [3.63, 3.8) is 0 Å². The lowest BCUT2D eigenvalue weighted by Gasteiger charge is -2.12. The van der Waals surface area contributed by atoms with Crippen LogP contribution in [0.15, 0.2) is 53.5 Å². The van der Waals surface area contributed by atoms with E-state index < -0.39 is 6.61 Å². The van der Waals surface area contributed by atoms with Gasteiger partial charge in [-0.05, 0) is 24.3 Å². The smallest absolute Gasteiger partial charge is 0.265 e. The molecular formula is C16H17N3O3. The third-order valence-corrected chi connectivity index (χ3v) is 3.14. The first kappa shape index (κ1) is 15.5. The van der Waals surface area contributed by atoms with Crippen LogP contribution in [-0.4, -0.2) is 19.6 Å². The summed E-state index contributed by atoms with van der Waals surface area (Å²) >= 11 is 0. The lowest BCUT2D eigenvalue weighted by atomic mass is 10.2. The second-order valence-electron chi connectivity index (χ2n) is 4.47. The summed E-state index contributed by atoms with van der Waals surface area (Å²) in [6.45, 7) is -0.445. The Balaban J connectivity index is 0.00000176. The van der Waals surface area contributed by atoms with Crippen molar-refractivity contribution in [2.75, 3.05) is 5.32 Å². The molecule has 0 aliphatic heterocycles. The molecule has 3 aromatic rings. The number of phenols is 1. The molecule has 2 aromatic heterocycles. The number of aromatic hydroxyl groups is 1. The van der Waals surface area contributed by atoms with Crippen molar-refractivity contribution in [1.29, 1.82) is 0 Å². The van der Waals surface area contributed by atoms with Crippen LogP contribution in [0.2, 0.25) is 0 Å². The van der Waals surface area contributed by atoms with Gasteiger partial charge in [0, 0.05) is 6.20 Å². The molecule has 0 aliphatic rings. The Labute approximate surface area is 127 Å². The number of fused-ring (bicyclic) bond motifs is 1. The monoisotopic (exact) mass is 299 g/mol. The Hall–Kier alpha value is -2.86. The van der Waals surface area contributed by atoms with Gasteiger partial charge in [-0.1, -0.05) is 25.6 Å². The molecule has 0 atom stereocenters. The van der Waals surface area contributed by atoms with Gasteiger partial charge in [0.15, 0.2) is 0 Å². The number of anilines is 2. The summed E-state index contributed by atoms with van der Waals surface area (Å²) in [5, 5.41) is 22.1. The Morgan fingerprint density at radius 3 is 2.59 bits per heavy atom. The topological polar surface area (TPSA) is 86.9 Å². The average molecular weight is 299 g/mol. The minimum atomic E-state index is -0.445. The number of nitrogens with zero attached hydrogens (tertiary/aromatic N) is 2. The first-order valence-corrected chi connectivity index (χ1v) is 6.37. The average Bonchev–Trinajstić information content (AvgIpc) is 2.50. The summed E-state index contributed by atoms with van der Waals surface area (Å²) in [5.74, 6) is 0.270. The van der Waals surface area contributed by atoms with Crippen molar-refractivity contribution in [3.05, 3.63) is 64.6 Å². The molecule has 6 heteroatoms. The van der Waals surface area contributed by atoms with Crippen LogP contribution in [0.4, 0.5) is 11.5 Å². The van der Waals surface area contributed by atoms with E-state index in [2.05, 4.69) is 10.3 Å². The van der Waals surface area contributed by atoms with Crippen molar-refractivity contribution in [2.45, 2.75) is 14.0 Å². The Morgan fingerprint density at radius 1 is 1.14 bits per heavy atom. The number of phenolic OH excluding ortho intramolecular Hbond substituents is 1. The van der Waals surface area contributed by atoms with Gasteiger partial charge in [-0.3, -0.25) is 9.20 Å². The molecule has 3 rings (SSSR count). The largest absolute Gasteiger partial charge is 0.506 e. The molecule has 0 amide bonds. The fraction of sp³-hybridized carbons (Fsp3) is 0.125. The van der Waals surface area contributed by atoms with E-state index in [1.54, 1.807) is 42.6 Å². The number of aromatic nitrogens is 2. The van der Waals surface area contributed by atoms with Gasteiger partial charge in [-0.2, -0.15) is 0 Å². The Morgan fingerprint density at radius 2 is 1.86 bits per heavy atom. The molecule has 2 heterocycles. The number of hydrogen-bond donors (Lipinski definition) is 3. The standard InChI is InChI=1S/C15H13N3O3.CH4/c19-9-10-14(16-11-5-1-2-6-12(11)20)17-13-7-3-4-8-18(13)15(10)21;/h1-8,16,19-20H,9H2;1H4. The molecule has 22 heavy (non-hydrogen) atoms. The summed E-state index contributed by atoms with van der Waals surface area (Å²) in [5.41, 5.74) is 0.667. The van der Waals surface area contributed by atoms with E-state index in [1.165, 1.54) is 10.5 Å². The lowest BCUT2D eigenvalue weighted by Crippen LogP contribution is -2.21. The van der Waals surface area contributed by atoms with Gasteiger partial charge in [-0.25, -0.2) is 4.98 Å². The van der Waals surface area contributed by atoms with Crippen molar-refractivity contribution >= 4 is 17.2 Å². The first-order chi connectivity index (χ1) is 10.2. The molecule has 0 spiro atoms. The summed E-state index contributed by atoms with van der Waals surface area (Å²) in [6, 6.07) is 11.8. The van der Waals surface area contributed by atoms with Gasteiger partial charge in [0.05, 0.1) is 17.9 Å². The second kappa shape index (κ2) is 6.28. The summed E-state index contributed by atoms with van der Waals surface area (Å²) in [7, 11) is 0. The predicted molar refractivity (Wildman–Crippen MR) is 85.5 cm³/mol. The van der Waals surface area contributed by atoms with E-state index >= 15 is 0 Å².